The highest BCUT2D eigenvalue weighted by atomic mass is 16.5. The van der Waals surface area contributed by atoms with Crippen molar-refractivity contribution in [3.63, 3.8) is 0 Å². The van der Waals surface area contributed by atoms with Crippen LogP contribution in [0.15, 0.2) is 36.5 Å². The molecule has 0 N–H and O–H groups in total. The third kappa shape index (κ3) is 20.7. The van der Waals surface area contributed by atoms with Crippen molar-refractivity contribution in [1.29, 1.82) is 0 Å². The van der Waals surface area contributed by atoms with Gasteiger partial charge in [0.25, 0.3) is 0 Å². The van der Waals surface area contributed by atoms with E-state index in [1.807, 2.05) is 0 Å². The lowest BCUT2D eigenvalue weighted by Crippen LogP contribution is -2.05. The smallest absolute Gasteiger partial charge is 0.305 e. The second-order valence-electron chi connectivity index (χ2n) is 6.97. The molecule has 0 heterocycles. The topological polar surface area (TPSA) is 26.3 Å². The van der Waals surface area contributed by atoms with Crippen molar-refractivity contribution < 1.29 is 9.53 Å². The molecule has 0 rings (SSSR count). The molecule has 0 aliphatic carbocycles. The van der Waals surface area contributed by atoms with Crippen LogP contribution in [0.2, 0.25) is 0 Å². The SMILES string of the molecule is CCCCC=CC=CC=CCCCCCCCC(=O)OCCCCCC. The molecule has 0 atom stereocenters. The number of hydrogen-bond donors (Lipinski definition) is 0. The van der Waals surface area contributed by atoms with Gasteiger partial charge in [-0.1, -0.05) is 102 Å². The van der Waals surface area contributed by atoms with E-state index in [1.165, 1.54) is 57.8 Å². The zero-order chi connectivity index (χ0) is 19.1. The number of allylic oxidation sites excluding steroid dienone is 6. The lowest BCUT2D eigenvalue weighted by atomic mass is 10.1. The average molecular weight is 363 g/mol. The molecular weight excluding hydrogens is 320 g/mol. The number of carbonyl (C=O) groups is 1. The van der Waals surface area contributed by atoms with Gasteiger partial charge in [-0.3, -0.25) is 4.79 Å². The molecule has 0 spiro atoms. The van der Waals surface area contributed by atoms with E-state index in [1.54, 1.807) is 0 Å². The Morgan fingerprint density at radius 3 is 1.92 bits per heavy atom. The lowest BCUT2D eigenvalue weighted by molar-refractivity contribution is -0.143. The molecule has 0 aliphatic rings. The van der Waals surface area contributed by atoms with Gasteiger partial charge < -0.3 is 4.74 Å². The summed E-state index contributed by atoms with van der Waals surface area (Å²) in [5, 5.41) is 0. The molecule has 0 fully saturated rings. The molecule has 0 unspecified atom stereocenters. The van der Waals surface area contributed by atoms with E-state index in [-0.39, 0.29) is 5.97 Å². The van der Waals surface area contributed by atoms with Crippen molar-refractivity contribution in [3.8, 4) is 0 Å². The van der Waals surface area contributed by atoms with E-state index in [0.717, 1.165) is 25.7 Å². The van der Waals surface area contributed by atoms with E-state index in [0.29, 0.717) is 13.0 Å². The van der Waals surface area contributed by atoms with Gasteiger partial charge in [-0.15, -0.1) is 0 Å². The Labute approximate surface area is 162 Å². The summed E-state index contributed by atoms with van der Waals surface area (Å²) in [6.07, 6.45) is 28.9. The maximum absolute atomic E-state index is 11.6. The number of esters is 1. The number of ether oxygens (including phenoxy) is 1. The van der Waals surface area contributed by atoms with Crippen molar-refractivity contribution >= 4 is 5.97 Å². The Balaban J connectivity index is 3.32. The Morgan fingerprint density at radius 1 is 0.654 bits per heavy atom. The highest BCUT2D eigenvalue weighted by Gasteiger charge is 2.02. The summed E-state index contributed by atoms with van der Waals surface area (Å²) in [4.78, 5) is 11.6. The summed E-state index contributed by atoms with van der Waals surface area (Å²) >= 11 is 0. The van der Waals surface area contributed by atoms with Crippen LogP contribution in [0, 0.1) is 0 Å². The second-order valence-corrected chi connectivity index (χ2v) is 6.97. The molecule has 0 bridgehead atoms. The normalized spacial score (nSPS) is 11.9. The quantitative estimate of drug-likeness (QED) is 0.142. The van der Waals surface area contributed by atoms with Crippen LogP contribution in [-0.2, 0) is 9.53 Å². The van der Waals surface area contributed by atoms with Gasteiger partial charge in [-0.2, -0.15) is 0 Å². The van der Waals surface area contributed by atoms with E-state index >= 15 is 0 Å². The van der Waals surface area contributed by atoms with Crippen molar-refractivity contribution in [2.45, 2.75) is 104 Å². The lowest BCUT2D eigenvalue weighted by Gasteiger charge is -2.04. The van der Waals surface area contributed by atoms with Crippen molar-refractivity contribution in [1.82, 2.24) is 0 Å². The molecular formula is C24H42O2. The van der Waals surface area contributed by atoms with Crippen LogP contribution in [0.4, 0.5) is 0 Å². The predicted molar refractivity (Wildman–Crippen MR) is 114 cm³/mol. The first-order valence-corrected chi connectivity index (χ1v) is 10.9. The Bertz CT molecular complexity index is 380. The van der Waals surface area contributed by atoms with Gasteiger partial charge in [0.15, 0.2) is 0 Å². The molecule has 0 saturated heterocycles. The molecule has 0 amide bonds. The summed E-state index contributed by atoms with van der Waals surface area (Å²) in [5.74, 6) is -0.0139. The standard InChI is InChI=1S/C24H42O2/c1-3-5-7-9-10-11-12-13-14-15-16-17-18-19-20-22-24(25)26-23-21-8-6-4-2/h9-14H,3-8,15-23H2,1-2H3. The van der Waals surface area contributed by atoms with E-state index in [4.69, 9.17) is 4.74 Å². The third-order valence-electron chi connectivity index (χ3n) is 4.34. The molecule has 2 heteroatoms. The minimum absolute atomic E-state index is 0.0139. The fourth-order valence-electron chi connectivity index (χ4n) is 2.65. The summed E-state index contributed by atoms with van der Waals surface area (Å²) in [7, 11) is 0. The van der Waals surface area contributed by atoms with Crippen molar-refractivity contribution in [2.24, 2.45) is 0 Å². The van der Waals surface area contributed by atoms with Gasteiger partial charge >= 0.3 is 5.97 Å². The number of rotatable bonds is 18. The fraction of sp³-hybridized carbons (Fsp3) is 0.708. The monoisotopic (exact) mass is 362 g/mol. The highest BCUT2D eigenvalue weighted by molar-refractivity contribution is 5.69. The molecule has 0 aromatic rings. The van der Waals surface area contributed by atoms with Crippen LogP contribution in [0.25, 0.3) is 0 Å². The molecule has 0 saturated carbocycles. The number of unbranched alkanes of at least 4 members (excludes halogenated alkanes) is 10. The molecule has 0 aromatic heterocycles. The number of carbonyl (C=O) groups excluding carboxylic acids is 1. The third-order valence-corrected chi connectivity index (χ3v) is 4.34. The van der Waals surface area contributed by atoms with Crippen LogP contribution in [0.1, 0.15) is 104 Å². The summed E-state index contributed by atoms with van der Waals surface area (Å²) in [6, 6.07) is 0. The molecule has 0 aliphatic heterocycles. The minimum atomic E-state index is -0.0139. The average Bonchev–Trinajstić information content (AvgIpc) is 2.64. The molecule has 0 radical (unpaired) electrons. The van der Waals surface area contributed by atoms with E-state index < -0.39 is 0 Å². The largest absolute Gasteiger partial charge is 0.466 e. The van der Waals surface area contributed by atoms with Gasteiger partial charge in [-0.05, 0) is 32.1 Å². The predicted octanol–water partition coefficient (Wildman–Crippen LogP) is 7.70. The molecule has 26 heavy (non-hydrogen) atoms. The van der Waals surface area contributed by atoms with Gasteiger partial charge in [0.1, 0.15) is 0 Å². The van der Waals surface area contributed by atoms with Crippen molar-refractivity contribution in [2.75, 3.05) is 6.61 Å². The molecule has 2 nitrogen and oxygen atoms in total. The zero-order valence-electron chi connectivity index (χ0n) is 17.4. The maximum atomic E-state index is 11.6. The second kappa shape index (κ2) is 21.7. The first-order valence-electron chi connectivity index (χ1n) is 10.9. The summed E-state index contributed by atoms with van der Waals surface area (Å²) < 4.78 is 5.25. The summed E-state index contributed by atoms with van der Waals surface area (Å²) in [6.45, 7) is 5.01. The molecule has 0 aromatic carbocycles. The molecule has 150 valence electrons. The van der Waals surface area contributed by atoms with E-state index in [2.05, 4.69) is 50.3 Å². The summed E-state index contributed by atoms with van der Waals surface area (Å²) in [5.41, 5.74) is 0. The Hall–Kier alpha value is -1.31. The number of hydrogen-bond acceptors (Lipinski definition) is 2. The Kier molecular flexibility index (Phi) is 20.6. The van der Waals surface area contributed by atoms with Gasteiger partial charge in [0, 0.05) is 6.42 Å². The van der Waals surface area contributed by atoms with Crippen LogP contribution < -0.4 is 0 Å². The van der Waals surface area contributed by atoms with Crippen LogP contribution in [0.3, 0.4) is 0 Å². The van der Waals surface area contributed by atoms with Crippen LogP contribution in [-0.4, -0.2) is 12.6 Å². The highest BCUT2D eigenvalue weighted by Crippen LogP contribution is 2.08. The zero-order valence-corrected chi connectivity index (χ0v) is 17.4. The van der Waals surface area contributed by atoms with Gasteiger partial charge in [-0.25, -0.2) is 0 Å². The van der Waals surface area contributed by atoms with Crippen molar-refractivity contribution in [3.05, 3.63) is 36.5 Å². The maximum Gasteiger partial charge on any atom is 0.305 e. The first-order chi connectivity index (χ1) is 12.8. The van der Waals surface area contributed by atoms with Crippen LogP contribution >= 0.6 is 0 Å². The first kappa shape index (κ1) is 24.7. The van der Waals surface area contributed by atoms with Gasteiger partial charge in [0.05, 0.1) is 6.61 Å². The van der Waals surface area contributed by atoms with Gasteiger partial charge in [0.2, 0.25) is 0 Å². The fourth-order valence-corrected chi connectivity index (χ4v) is 2.65. The Morgan fingerprint density at radius 2 is 1.23 bits per heavy atom. The van der Waals surface area contributed by atoms with E-state index in [9.17, 15) is 4.79 Å². The minimum Gasteiger partial charge on any atom is -0.466 e. The van der Waals surface area contributed by atoms with Crippen LogP contribution in [0.5, 0.6) is 0 Å².